The molecule has 1 nitrogen and oxygen atoms in total. The van der Waals surface area contributed by atoms with E-state index in [1.807, 2.05) is 0 Å². The molecule has 4 rings (SSSR count). The molecule has 2 fully saturated rings. The van der Waals surface area contributed by atoms with Crippen LogP contribution in [-0.4, -0.2) is 6.36 Å². The van der Waals surface area contributed by atoms with Crippen LogP contribution in [0.3, 0.4) is 0 Å². The lowest BCUT2D eigenvalue weighted by Crippen LogP contribution is -2.25. The Labute approximate surface area is 213 Å². The molecule has 2 aliphatic rings. The predicted octanol–water partition coefficient (Wildman–Crippen LogP) is 10.1. The molecule has 0 amide bonds. The van der Waals surface area contributed by atoms with Crippen molar-refractivity contribution in [2.75, 3.05) is 0 Å². The van der Waals surface area contributed by atoms with Crippen LogP contribution in [0.2, 0.25) is 0 Å². The second-order valence-electron chi connectivity index (χ2n) is 10.7. The van der Waals surface area contributed by atoms with E-state index in [-0.39, 0.29) is 5.92 Å². The first-order valence-electron chi connectivity index (χ1n) is 13.3. The Balaban J connectivity index is 1.41. The molecular formula is C29H33F7O. The summed E-state index contributed by atoms with van der Waals surface area (Å²) >= 11 is 0. The molecule has 0 saturated heterocycles. The average Bonchev–Trinajstić information content (AvgIpc) is 2.84. The van der Waals surface area contributed by atoms with Crippen LogP contribution in [0.4, 0.5) is 30.7 Å². The number of hydrogen-bond donors (Lipinski definition) is 0. The maximum absolute atomic E-state index is 15.0. The van der Waals surface area contributed by atoms with Crippen molar-refractivity contribution in [2.45, 2.75) is 89.8 Å². The second kappa shape index (κ2) is 11.6. The first kappa shape index (κ1) is 27.8. The van der Waals surface area contributed by atoms with Crippen LogP contribution in [0.5, 0.6) is 5.75 Å². The lowest BCUT2D eigenvalue weighted by molar-refractivity contribution is -0.276. The predicted molar refractivity (Wildman–Crippen MR) is 128 cm³/mol. The molecular weight excluding hydrogens is 497 g/mol. The van der Waals surface area contributed by atoms with E-state index in [0.717, 1.165) is 37.5 Å². The average molecular weight is 531 g/mol. The van der Waals surface area contributed by atoms with Gasteiger partial charge in [0.1, 0.15) is 11.6 Å². The van der Waals surface area contributed by atoms with Crippen LogP contribution >= 0.6 is 0 Å². The zero-order chi connectivity index (χ0) is 26.7. The van der Waals surface area contributed by atoms with Crippen molar-refractivity contribution >= 4 is 0 Å². The van der Waals surface area contributed by atoms with Crippen molar-refractivity contribution in [1.82, 2.24) is 0 Å². The quantitative estimate of drug-likeness (QED) is 0.324. The summed E-state index contributed by atoms with van der Waals surface area (Å²) in [6.45, 7) is 2.23. The lowest BCUT2D eigenvalue weighted by Gasteiger charge is -2.38. The maximum Gasteiger partial charge on any atom is 0.573 e. The summed E-state index contributed by atoms with van der Waals surface area (Å²) in [7, 11) is 0. The van der Waals surface area contributed by atoms with Crippen LogP contribution in [-0.2, 0) is 0 Å². The highest BCUT2D eigenvalue weighted by atomic mass is 19.4. The SMILES string of the molecule is CCCCC1CCC(C2CCC(c3cc(F)c(-c4cc(F)c(OC(F)(F)F)c(F)c4)c(F)c3)CC2)CC1. The van der Waals surface area contributed by atoms with Crippen molar-refractivity contribution in [2.24, 2.45) is 17.8 Å². The summed E-state index contributed by atoms with van der Waals surface area (Å²) in [6, 6.07) is 3.23. The van der Waals surface area contributed by atoms with E-state index < -0.39 is 46.5 Å². The smallest absolute Gasteiger partial charge is 0.399 e. The standard InChI is InChI=1S/C29H33F7O/c1-2-3-4-17-5-7-18(8-6-17)19-9-11-20(12-10-19)21-13-23(30)27(24(31)14-21)22-15-25(32)28(26(33)16-22)37-29(34,35)36/h13-20H,2-12H2,1H3. The number of hydrogen-bond acceptors (Lipinski definition) is 1. The first-order chi connectivity index (χ1) is 17.6. The molecule has 0 heterocycles. The Hall–Kier alpha value is -2.25. The minimum absolute atomic E-state index is 0.00812. The van der Waals surface area contributed by atoms with Gasteiger partial charge < -0.3 is 4.74 Å². The molecule has 2 aromatic rings. The number of halogens is 7. The van der Waals surface area contributed by atoms with Gasteiger partial charge in [0.15, 0.2) is 11.6 Å². The number of unbranched alkanes of at least 4 members (excludes halogenated alkanes) is 1. The van der Waals surface area contributed by atoms with Gasteiger partial charge in [0.05, 0.1) is 5.56 Å². The number of benzene rings is 2. The van der Waals surface area contributed by atoms with E-state index in [4.69, 9.17) is 0 Å². The molecule has 37 heavy (non-hydrogen) atoms. The van der Waals surface area contributed by atoms with Crippen LogP contribution in [0.1, 0.15) is 89.0 Å². The molecule has 0 radical (unpaired) electrons. The van der Waals surface area contributed by atoms with E-state index in [1.165, 1.54) is 57.1 Å². The molecule has 0 aromatic heterocycles. The Morgan fingerprint density at radius 2 is 1.24 bits per heavy atom. The van der Waals surface area contributed by atoms with Gasteiger partial charge in [-0.25, -0.2) is 17.6 Å². The molecule has 0 N–H and O–H groups in total. The third-order valence-electron chi connectivity index (χ3n) is 8.34. The highest BCUT2D eigenvalue weighted by Crippen LogP contribution is 2.45. The molecule has 0 bridgehead atoms. The van der Waals surface area contributed by atoms with E-state index in [0.29, 0.717) is 23.6 Å². The Morgan fingerprint density at radius 1 is 0.730 bits per heavy atom. The Bertz CT molecular complexity index is 1020. The highest BCUT2D eigenvalue weighted by Gasteiger charge is 2.35. The van der Waals surface area contributed by atoms with Gasteiger partial charge in [-0.1, -0.05) is 39.0 Å². The van der Waals surface area contributed by atoms with Crippen molar-refractivity contribution < 1.29 is 35.5 Å². The van der Waals surface area contributed by atoms with Gasteiger partial charge in [-0.15, -0.1) is 13.2 Å². The zero-order valence-corrected chi connectivity index (χ0v) is 21.0. The molecule has 2 aliphatic carbocycles. The summed E-state index contributed by atoms with van der Waals surface area (Å²) in [5.74, 6) is -4.87. The zero-order valence-electron chi connectivity index (χ0n) is 21.0. The molecule has 0 unspecified atom stereocenters. The van der Waals surface area contributed by atoms with Gasteiger partial charge in [0.25, 0.3) is 0 Å². The van der Waals surface area contributed by atoms with Crippen molar-refractivity contribution in [1.29, 1.82) is 0 Å². The Kier molecular flexibility index (Phi) is 8.74. The highest BCUT2D eigenvalue weighted by molar-refractivity contribution is 5.66. The first-order valence-corrected chi connectivity index (χ1v) is 13.3. The lowest BCUT2D eigenvalue weighted by atomic mass is 9.68. The fraction of sp³-hybridized carbons (Fsp3) is 0.586. The fourth-order valence-corrected chi connectivity index (χ4v) is 6.39. The number of rotatable bonds is 7. The van der Waals surface area contributed by atoms with Gasteiger partial charge in [-0.3, -0.25) is 0 Å². The van der Waals surface area contributed by atoms with E-state index in [1.54, 1.807) is 0 Å². The largest absolute Gasteiger partial charge is 0.573 e. The van der Waals surface area contributed by atoms with E-state index >= 15 is 0 Å². The Morgan fingerprint density at radius 3 is 1.73 bits per heavy atom. The van der Waals surface area contributed by atoms with E-state index in [2.05, 4.69) is 11.7 Å². The van der Waals surface area contributed by atoms with Gasteiger partial charge in [-0.2, -0.15) is 0 Å². The van der Waals surface area contributed by atoms with Crippen molar-refractivity contribution in [3.05, 3.63) is 53.1 Å². The third kappa shape index (κ3) is 6.80. The van der Waals surface area contributed by atoms with Crippen LogP contribution < -0.4 is 4.74 Å². The second-order valence-corrected chi connectivity index (χ2v) is 10.7. The minimum atomic E-state index is -5.31. The van der Waals surface area contributed by atoms with Crippen molar-refractivity contribution in [3.8, 4) is 16.9 Å². The summed E-state index contributed by atoms with van der Waals surface area (Å²) in [4.78, 5) is 0. The summed E-state index contributed by atoms with van der Waals surface area (Å²) in [5, 5.41) is 0. The summed E-state index contributed by atoms with van der Waals surface area (Å²) in [6.07, 6.45) is 7.35. The van der Waals surface area contributed by atoms with E-state index in [9.17, 15) is 30.7 Å². The van der Waals surface area contributed by atoms with Crippen LogP contribution in [0.15, 0.2) is 24.3 Å². The van der Waals surface area contributed by atoms with Gasteiger partial charge in [0, 0.05) is 0 Å². The number of alkyl halides is 3. The third-order valence-corrected chi connectivity index (χ3v) is 8.34. The van der Waals surface area contributed by atoms with Crippen LogP contribution in [0.25, 0.3) is 11.1 Å². The molecule has 0 spiro atoms. The topological polar surface area (TPSA) is 9.23 Å². The summed E-state index contributed by atoms with van der Waals surface area (Å²) < 4.78 is 98.7. The van der Waals surface area contributed by atoms with Gasteiger partial charge >= 0.3 is 6.36 Å². The van der Waals surface area contributed by atoms with Crippen molar-refractivity contribution in [3.63, 3.8) is 0 Å². The normalized spacial score (nSPS) is 24.8. The maximum atomic E-state index is 15.0. The molecule has 0 atom stereocenters. The molecule has 204 valence electrons. The monoisotopic (exact) mass is 530 g/mol. The van der Waals surface area contributed by atoms with Crippen LogP contribution in [0, 0.1) is 41.0 Å². The number of ether oxygens (including phenoxy) is 1. The van der Waals surface area contributed by atoms with Gasteiger partial charge in [0.2, 0.25) is 5.75 Å². The fourth-order valence-electron chi connectivity index (χ4n) is 6.39. The molecule has 0 aliphatic heterocycles. The van der Waals surface area contributed by atoms with Gasteiger partial charge in [-0.05, 0) is 97.6 Å². The minimum Gasteiger partial charge on any atom is -0.399 e. The molecule has 2 aromatic carbocycles. The molecule has 8 heteroatoms. The molecule has 2 saturated carbocycles. The summed E-state index contributed by atoms with van der Waals surface area (Å²) in [5.41, 5.74) is -0.726.